The van der Waals surface area contributed by atoms with Crippen LogP contribution in [0.5, 0.6) is 11.5 Å². The second kappa shape index (κ2) is 14.5. The van der Waals surface area contributed by atoms with E-state index >= 15 is 0 Å². The Kier molecular flexibility index (Phi) is 10.6. The van der Waals surface area contributed by atoms with Gasteiger partial charge in [-0.2, -0.15) is 0 Å². The molecule has 9 nitrogen and oxygen atoms in total. The molecule has 11 heteroatoms. The zero-order chi connectivity index (χ0) is 31.7. The van der Waals surface area contributed by atoms with Crippen molar-refractivity contribution in [3.63, 3.8) is 0 Å². The summed E-state index contributed by atoms with van der Waals surface area (Å²) in [4.78, 5) is 28.8. The molecule has 0 spiro atoms. The molecule has 0 aromatic heterocycles. The van der Waals surface area contributed by atoms with Crippen molar-refractivity contribution in [2.24, 2.45) is 0 Å². The van der Waals surface area contributed by atoms with Crippen LogP contribution in [0, 0.1) is 5.82 Å². The van der Waals surface area contributed by atoms with E-state index in [4.69, 9.17) is 9.47 Å². The summed E-state index contributed by atoms with van der Waals surface area (Å²) < 4.78 is 53.6. The fraction of sp³-hybridized carbons (Fsp3) is 0.212. The molecule has 4 aromatic rings. The van der Waals surface area contributed by atoms with Crippen LogP contribution in [0.15, 0.2) is 108 Å². The molecule has 2 amide bonds. The van der Waals surface area contributed by atoms with Crippen LogP contribution in [0.1, 0.15) is 11.1 Å². The van der Waals surface area contributed by atoms with Crippen LogP contribution in [0.4, 0.5) is 10.1 Å². The minimum Gasteiger partial charge on any atom is -0.493 e. The van der Waals surface area contributed by atoms with Gasteiger partial charge in [-0.05, 0) is 47.5 Å². The van der Waals surface area contributed by atoms with Crippen LogP contribution >= 0.6 is 0 Å². The van der Waals surface area contributed by atoms with E-state index in [0.717, 1.165) is 27.6 Å². The average Bonchev–Trinajstić information content (AvgIpc) is 3.05. The molecule has 0 bridgehead atoms. The molecule has 0 heterocycles. The fourth-order valence-electron chi connectivity index (χ4n) is 4.74. The molecule has 4 aromatic carbocycles. The molecule has 0 aliphatic rings. The molecule has 4 rings (SSSR count). The molecular weight excluding hydrogens is 585 g/mol. The highest BCUT2D eigenvalue weighted by Crippen LogP contribution is 2.32. The molecule has 1 N–H and O–H groups in total. The number of methoxy groups -OCH3 is 2. The van der Waals surface area contributed by atoms with Crippen molar-refractivity contribution in [3.8, 4) is 11.5 Å². The van der Waals surface area contributed by atoms with Crippen LogP contribution in [0.3, 0.4) is 0 Å². The number of carbonyl (C=O) groups is 2. The number of hydrogen-bond donors (Lipinski definition) is 1. The van der Waals surface area contributed by atoms with E-state index in [2.05, 4.69) is 5.32 Å². The van der Waals surface area contributed by atoms with Gasteiger partial charge in [-0.25, -0.2) is 12.8 Å². The number of benzene rings is 4. The first-order chi connectivity index (χ1) is 21.2. The zero-order valence-electron chi connectivity index (χ0n) is 24.6. The number of sulfonamides is 1. The van der Waals surface area contributed by atoms with Crippen LogP contribution in [-0.2, 0) is 32.6 Å². The number of anilines is 1. The number of ether oxygens (including phenoxy) is 2. The maximum absolute atomic E-state index is 14.3. The Morgan fingerprint density at radius 1 is 0.818 bits per heavy atom. The molecule has 0 unspecified atom stereocenters. The molecule has 44 heavy (non-hydrogen) atoms. The largest absolute Gasteiger partial charge is 0.493 e. The lowest BCUT2D eigenvalue weighted by Crippen LogP contribution is -2.53. The minimum absolute atomic E-state index is 0.0399. The Bertz CT molecular complexity index is 1670. The summed E-state index contributed by atoms with van der Waals surface area (Å²) in [7, 11) is -0.122. The molecule has 0 aliphatic carbocycles. The van der Waals surface area contributed by atoms with E-state index in [9.17, 15) is 22.4 Å². The molecule has 0 aliphatic heterocycles. The third-order valence-corrected chi connectivity index (χ3v) is 8.82. The Labute approximate surface area is 256 Å². The minimum atomic E-state index is -4.41. The highest BCUT2D eigenvalue weighted by Gasteiger charge is 2.34. The summed E-state index contributed by atoms with van der Waals surface area (Å²) in [5.41, 5.74) is 1.63. The molecule has 0 radical (unpaired) electrons. The first kappa shape index (κ1) is 32.0. The molecular formula is C33H34FN3O6S. The highest BCUT2D eigenvalue weighted by atomic mass is 32.2. The Hall–Kier alpha value is -4.90. The van der Waals surface area contributed by atoms with Crippen molar-refractivity contribution in [2.45, 2.75) is 23.9 Å². The van der Waals surface area contributed by atoms with Crippen molar-refractivity contribution in [1.29, 1.82) is 0 Å². The van der Waals surface area contributed by atoms with E-state index in [1.54, 1.807) is 0 Å². The van der Waals surface area contributed by atoms with Crippen molar-refractivity contribution in [1.82, 2.24) is 10.2 Å². The van der Waals surface area contributed by atoms with Gasteiger partial charge < -0.3 is 19.7 Å². The number of likely N-dealkylation sites (N-methyl/N-ethyl adjacent to an activating group) is 1. The van der Waals surface area contributed by atoms with E-state index in [1.165, 1.54) is 56.5 Å². The highest BCUT2D eigenvalue weighted by molar-refractivity contribution is 7.92. The number of carbonyl (C=O) groups excluding carboxylic acids is 2. The number of rotatable bonds is 13. The van der Waals surface area contributed by atoms with E-state index < -0.39 is 40.2 Å². The number of hydrogen-bond acceptors (Lipinski definition) is 6. The second-order valence-electron chi connectivity index (χ2n) is 9.83. The SMILES string of the molecule is CNC(=O)[C@H](Cc1ccccc1)N(Cc1ccccc1)C(=O)CN(c1ccc(F)cc1)S(=O)(=O)c1ccc(OC)c(OC)c1. The topological polar surface area (TPSA) is 105 Å². The second-order valence-corrected chi connectivity index (χ2v) is 11.7. The Morgan fingerprint density at radius 3 is 1.98 bits per heavy atom. The van der Waals surface area contributed by atoms with Gasteiger partial charge >= 0.3 is 0 Å². The summed E-state index contributed by atoms with van der Waals surface area (Å²) in [6, 6.07) is 26.2. The van der Waals surface area contributed by atoms with Gasteiger partial charge in [0.2, 0.25) is 11.8 Å². The summed E-state index contributed by atoms with van der Waals surface area (Å²) in [6.45, 7) is -0.629. The maximum atomic E-state index is 14.3. The molecule has 1 atom stereocenters. The molecule has 0 saturated heterocycles. The quantitative estimate of drug-likeness (QED) is 0.238. The maximum Gasteiger partial charge on any atom is 0.264 e. The number of nitrogens with one attached hydrogen (secondary N) is 1. The van der Waals surface area contributed by atoms with Gasteiger partial charge in [0.15, 0.2) is 11.5 Å². The summed E-state index contributed by atoms with van der Waals surface area (Å²) >= 11 is 0. The van der Waals surface area contributed by atoms with Crippen LogP contribution < -0.4 is 19.1 Å². The monoisotopic (exact) mass is 619 g/mol. The lowest BCUT2D eigenvalue weighted by atomic mass is 10.0. The number of nitrogens with zero attached hydrogens (tertiary/aromatic N) is 2. The number of amides is 2. The average molecular weight is 620 g/mol. The van der Waals surface area contributed by atoms with Crippen molar-refractivity contribution in [3.05, 3.63) is 120 Å². The van der Waals surface area contributed by atoms with E-state index in [1.807, 2.05) is 60.7 Å². The molecule has 0 saturated carbocycles. The van der Waals surface area contributed by atoms with Gasteiger partial charge in [0.1, 0.15) is 18.4 Å². The Morgan fingerprint density at radius 2 is 1.41 bits per heavy atom. The summed E-state index contributed by atoms with van der Waals surface area (Å²) in [5.74, 6) is -1.12. The van der Waals surface area contributed by atoms with E-state index in [-0.39, 0.29) is 29.3 Å². The predicted octanol–water partition coefficient (Wildman–Crippen LogP) is 4.42. The van der Waals surface area contributed by atoms with Crippen LogP contribution in [0.25, 0.3) is 0 Å². The van der Waals surface area contributed by atoms with Gasteiger partial charge in [0.25, 0.3) is 10.0 Å². The predicted molar refractivity (Wildman–Crippen MR) is 165 cm³/mol. The first-order valence-corrected chi connectivity index (χ1v) is 15.2. The van der Waals surface area contributed by atoms with Gasteiger partial charge in [-0.1, -0.05) is 60.7 Å². The Balaban J connectivity index is 1.79. The lowest BCUT2D eigenvalue weighted by Gasteiger charge is -2.33. The fourth-order valence-corrected chi connectivity index (χ4v) is 6.17. The van der Waals surface area contributed by atoms with E-state index in [0.29, 0.717) is 5.75 Å². The van der Waals surface area contributed by atoms with Gasteiger partial charge in [0.05, 0.1) is 24.8 Å². The number of halogens is 1. The third-order valence-electron chi connectivity index (χ3n) is 7.05. The van der Waals surface area contributed by atoms with Crippen molar-refractivity contribution in [2.75, 3.05) is 32.1 Å². The van der Waals surface area contributed by atoms with Crippen molar-refractivity contribution < 1.29 is 31.9 Å². The van der Waals surface area contributed by atoms with Gasteiger partial charge in [0, 0.05) is 26.1 Å². The van der Waals surface area contributed by atoms with Crippen LogP contribution in [-0.4, -0.2) is 59.0 Å². The smallest absolute Gasteiger partial charge is 0.264 e. The molecule has 0 fully saturated rings. The zero-order valence-corrected chi connectivity index (χ0v) is 25.5. The lowest BCUT2D eigenvalue weighted by molar-refractivity contribution is -0.139. The van der Waals surface area contributed by atoms with Gasteiger partial charge in [-0.3, -0.25) is 13.9 Å². The van der Waals surface area contributed by atoms with Gasteiger partial charge in [-0.15, -0.1) is 0 Å². The third kappa shape index (κ3) is 7.54. The normalized spacial score (nSPS) is 11.7. The van der Waals surface area contributed by atoms with Crippen molar-refractivity contribution >= 4 is 27.5 Å². The summed E-state index contributed by atoms with van der Waals surface area (Å²) in [6.07, 6.45) is 0.193. The molecule has 230 valence electrons. The summed E-state index contributed by atoms with van der Waals surface area (Å²) in [5, 5.41) is 2.65. The van der Waals surface area contributed by atoms with Crippen LogP contribution in [0.2, 0.25) is 0 Å². The first-order valence-electron chi connectivity index (χ1n) is 13.8. The standard InChI is InChI=1S/C33H34FN3O6S/c1-35-33(39)29(20-24-10-6-4-7-11-24)36(22-25-12-8-5-9-13-25)32(38)23-37(27-16-14-26(34)15-17-27)44(40,41)28-18-19-30(42-2)31(21-28)43-3/h4-19,21,29H,20,22-23H2,1-3H3,(H,35,39)/t29-/m0/s1.